The van der Waals surface area contributed by atoms with Crippen molar-refractivity contribution in [2.45, 2.75) is 36.7 Å². The van der Waals surface area contributed by atoms with E-state index in [4.69, 9.17) is 11.8 Å². The van der Waals surface area contributed by atoms with Crippen LogP contribution in [0.3, 0.4) is 0 Å². The van der Waals surface area contributed by atoms with Crippen LogP contribution in [0.2, 0.25) is 0 Å². The highest BCUT2D eigenvalue weighted by atomic mass is 35.5. The lowest BCUT2D eigenvalue weighted by Gasteiger charge is -2.32. The van der Waals surface area contributed by atoms with Crippen LogP contribution in [0, 0.1) is 6.92 Å². The average molecular weight is 803 g/mol. The van der Waals surface area contributed by atoms with Crippen molar-refractivity contribution in [3.8, 4) is 0 Å². The highest BCUT2D eigenvalue weighted by Crippen LogP contribution is 2.29. The molecule has 0 atom stereocenters. The topological polar surface area (TPSA) is 211 Å². The number of anilines is 1. The van der Waals surface area contributed by atoms with Crippen molar-refractivity contribution in [2.75, 3.05) is 37.8 Å². The third-order valence-corrected chi connectivity index (χ3v) is 11.3. The van der Waals surface area contributed by atoms with Gasteiger partial charge in [-0.25, -0.2) is 13.1 Å². The molecule has 1 aliphatic heterocycles. The molecule has 0 unspecified atom stereocenters. The first-order valence-electron chi connectivity index (χ1n) is 17.5. The van der Waals surface area contributed by atoms with Crippen molar-refractivity contribution < 1.29 is 42.9 Å². The number of aliphatic hydroxyl groups excluding tert-OH is 3. The quantitative estimate of drug-likeness (QED) is 0.117. The van der Waals surface area contributed by atoms with E-state index in [1.165, 1.54) is 36.4 Å². The SMILES string of the molecule is Cc1cc(C(=O)N(CCC(=O)NC(CO)(CO)CO)c2ccc(C(=O)NS(=O)(=O)c3ccc4ccccc4c3)cc2C(=O)N2CCc3ccccc3C2)nn1Cl. The van der Waals surface area contributed by atoms with Gasteiger partial charge in [-0.1, -0.05) is 54.6 Å². The van der Waals surface area contributed by atoms with Crippen LogP contribution < -0.4 is 14.9 Å². The molecule has 0 bridgehead atoms. The Labute approximate surface area is 327 Å². The molecule has 17 heteroatoms. The lowest BCUT2D eigenvalue weighted by Crippen LogP contribution is -2.57. The van der Waals surface area contributed by atoms with Gasteiger partial charge >= 0.3 is 0 Å². The Morgan fingerprint density at radius 3 is 2.23 bits per heavy atom. The van der Waals surface area contributed by atoms with Crippen LogP contribution in [-0.4, -0.2) is 100 Å². The second-order valence-electron chi connectivity index (χ2n) is 13.5. The third-order valence-electron chi connectivity index (χ3n) is 9.63. The number of benzene rings is 4. The lowest BCUT2D eigenvalue weighted by atomic mass is 9.98. The standard InChI is InChI=1S/C39H39ClN6O9S/c1-25-18-33(42-46(25)40)38(53)45(17-15-35(50)41-39(22-47,23-48)24-49)34-13-11-29(20-32(34)37(52)44-16-14-27-7-3-5-9-30(27)21-44)36(51)43-56(54,55)31-12-10-26-6-2-4-8-28(26)19-31/h2-13,18-20,47-49H,14-17,21-24H2,1H3,(H,41,50)(H,43,51). The number of aliphatic hydroxyl groups is 3. The number of hydrogen-bond donors (Lipinski definition) is 5. The molecule has 15 nitrogen and oxygen atoms in total. The monoisotopic (exact) mass is 802 g/mol. The fraction of sp³-hybridized carbons (Fsp3) is 0.256. The predicted molar refractivity (Wildman–Crippen MR) is 207 cm³/mol. The van der Waals surface area contributed by atoms with E-state index >= 15 is 0 Å². The molecule has 1 aliphatic rings. The molecular formula is C39H39ClN6O9S. The summed E-state index contributed by atoms with van der Waals surface area (Å²) in [6, 6.07) is 24.3. The Morgan fingerprint density at radius 2 is 1.55 bits per heavy atom. The Balaban J connectivity index is 1.39. The summed E-state index contributed by atoms with van der Waals surface area (Å²) >= 11 is 6.12. The van der Waals surface area contributed by atoms with Crippen molar-refractivity contribution >= 4 is 61.9 Å². The third kappa shape index (κ3) is 8.44. The first kappa shape index (κ1) is 40.0. The van der Waals surface area contributed by atoms with Gasteiger partial charge in [-0.05, 0) is 71.6 Å². The molecule has 0 aliphatic carbocycles. The van der Waals surface area contributed by atoms with E-state index in [2.05, 4.69) is 15.1 Å². The van der Waals surface area contributed by atoms with Crippen molar-refractivity contribution in [3.63, 3.8) is 0 Å². The van der Waals surface area contributed by atoms with E-state index in [1.807, 2.05) is 36.4 Å². The molecule has 0 fully saturated rings. The van der Waals surface area contributed by atoms with Crippen LogP contribution in [0.5, 0.6) is 0 Å². The molecule has 0 saturated heterocycles. The highest BCUT2D eigenvalue weighted by molar-refractivity contribution is 7.90. The van der Waals surface area contributed by atoms with E-state index < -0.39 is 65.4 Å². The summed E-state index contributed by atoms with van der Waals surface area (Å²) in [6.45, 7) is -0.619. The molecule has 5 aromatic rings. The molecule has 56 heavy (non-hydrogen) atoms. The van der Waals surface area contributed by atoms with Crippen LogP contribution in [0.15, 0.2) is 95.9 Å². The van der Waals surface area contributed by atoms with Gasteiger partial charge in [0.25, 0.3) is 27.7 Å². The fourth-order valence-corrected chi connectivity index (χ4v) is 7.50. The molecule has 6 rings (SSSR count). The smallest absolute Gasteiger partial charge is 0.278 e. The van der Waals surface area contributed by atoms with Crippen LogP contribution in [0.4, 0.5) is 5.69 Å². The van der Waals surface area contributed by atoms with Gasteiger partial charge in [0.2, 0.25) is 5.91 Å². The van der Waals surface area contributed by atoms with Gasteiger partial charge in [0.15, 0.2) is 5.69 Å². The molecule has 292 valence electrons. The summed E-state index contributed by atoms with van der Waals surface area (Å²) in [4.78, 5) is 58.0. The van der Waals surface area contributed by atoms with E-state index in [0.717, 1.165) is 25.6 Å². The number of sulfonamides is 1. The van der Waals surface area contributed by atoms with Gasteiger partial charge in [-0.2, -0.15) is 9.30 Å². The van der Waals surface area contributed by atoms with E-state index in [-0.39, 0.29) is 40.5 Å². The van der Waals surface area contributed by atoms with Crippen LogP contribution in [0.1, 0.15) is 54.4 Å². The minimum atomic E-state index is -4.38. The molecule has 2 heterocycles. The molecule has 1 aromatic heterocycles. The number of halogens is 1. The number of aryl methyl sites for hydroxylation is 1. The average Bonchev–Trinajstić information content (AvgIpc) is 3.56. The minimum absolute atomic E-state index is 0.0277. The van der Waals surface area contributed by atoms with Crippen LogP contribution >= 0.6 is 11.8 Å². The Bertz CT molecular complexity index is 2400. The zero-order valence-electron chi connectivity index (χ0n) is 30.2. The predicted octanol–water partition coefficient (Wildman–Crippen LogP) is 2.53. The number of amides is 4. The molecule has 4 amide bonds. The number of aromatic nitrogens is 2. The number of nitrogens with one attached hydrogen (secondary N) is 2. The van der Waals surface area contributed by atoms with Gasteiger partial charge < -0.3 is 30.4 Å². The zero-order chi connectivity index (χ0) is 40.2. The fourth-order valence-electron chi connectivity index (χ4n) is 6.37. The van der Waals surface area contributed by atoms with Gasteiger partial charge in [0, 0.05) is 43.4 Å². The summed E-state index contributed by atoms with van der Waals surface area (Å²) in [7, 11) is -4.38. The summed E-state index contributed by atoms with van der Waals surface area (Å²) in [5.41, 5.74) is 0.111. The molecule has 0 radical (unpaired) electrons. The normalized spacial score (nSPS) is 12.9. The molecule has 5 N–H and O–H groups in total. The van der Waals surface area contributed by atoms with E-state index in [0.29, 0.717) is 24.0 Å². The number of carbonyl (C=O) groups is 4. The van der Waals surface area contributed by atoms with Crippen LogP contribution in [-0.2, 0) is 27.8 Å². The molecule has 0 saturated carbocycles. The molecule has 4 aromatic carbocycles. The number of hydrogen-bond acceptors (Lipinski definition) is 10. The maximum absolute atomic E-state index is 14.5. The van der Waals surface area contributed by atoms with E-state index in [9.17, 15) is 42.9 Å². The molecule has 0 spiro atoms. The number of carbonyl (C=O) groups excluding carboxylic acids is 4. The minimum Gasteiger partial charge on any atom is -0.394 e. The first-order chi connectivity index (χ1) is 26.8. The van der Waals surface area contributed by atoms with Crippen LogP contribution in [0.25, 0.3) is 10.8 Å². The second kappa shape index (κ2) is 16.6. The van der Waals surface area contributed by atoms with E-state index in [1.54, 1.807) is 30.0 Å². The summed E-state index contributed by atoms with van der Waals surface area (Å²) in [5, 5.41) is 37.1. The van der Waals surface area contributed by atoms with Crippen molar-refractivity contribution in [1.82, 2.24) is 24.2 Å². The lowest BCUT2D eigenvalue weighted by molar-refractivity contribution is -0.125. The maximum Gasteiger partial charge on any atom is 0.278 e. The summed E-state index contributed by atoms with van der Waals surface area (Å²) < 4.78 is 29.9. The summed E-state index contributed by atoms with van der Waals surface area (Å²) in [6.07, 6.45) is 0.0873. The zero-order valence-corrected chi connectivity index (χ0v) is 31.8. The molecular weight excluding hydrogens is 764 g/mol. The van der Waals surface area contributed by atoms with Gasteiger partial charge in [-0.15, -0.1) is 0 Å². The van der Waals surface area contributed by atoms with Gasteiger partial charge in [0.1, 0.15) is 5.54 Å². The largest absolute Gasteiger partial charge is 0.394 e. The number of nitrogens with zero attached hydrogens (tertiary/aromatic N) is 4. The summed E-state index contributed by atoms with van der Waals surface area (Å²) in [5.74, 6) is -3.14. The Morgan fingerprint density at radius 1 is 0.875 bits per heavy atom. The van der Waals surface area contributed by atoms with Gasteiger partial charge in [-0.3, -0.25) is 19.2 Å². The van der Waals surface area contributed by atoms with Crippen molar-refractivity contribution in [3.05, 3.63) is 125 Å². The Hall–Kier alpha value is -5.65. The number of fused-ring (bicyclic) bond motifs is 2. The first-order valence-corrected chi connectivity index (χ1v) is 19.3. The number of rotatable bonds is 13. The van der Waals surface area contributed by atoms with Crippen molar-refractivity contribution in [2.24, 2.45) is 0 Å². The Kier molecular flexibility index (Phi) is 11.9. The highest BCUT2D eigenvalue weighted by Gasteiger charge is 2.33. The second-order valence-corrected chi connectivity index (χ2v) is 15.5. The maximum atomic E-state index is 14.5. The van der Waals surface area contributed by atoms with Gasteiger partial charge in [0.05, 0.1) is 41.7 Å². The van der Waals surface area contributed by atoms with Crippen molar-refractivity contribution in [1.29, 1.82) is 0 Å².